The molecule has 1 rings (SSSR count). The fraction of sp³-hybridized carbons (Fsp3) is 0.833. The van der Waals surface area contributed by atoms with Gasteiger partial charge in [-0.15, -0.1) is 6.58 Å². The molecule has 0 aromatic carbocycles. The minimum Gasteiger partial charge on any atom is -0.313 e. The van der Waals surface area contributed by atoms with Crippen LogP contribution in [0, 0.1) is 0 Å². The number of hydrogen-bond donors (Lipinski definition) is 1. The summed E-state index contributed by atoms with van der Waals surface area (Å²) in [5.41, 5.74) is 0. The second-order valence-electron chi connectivity index (χ2n) is 4.17. The van der Waals surface area contributed by atoms with Gasteiger partial charge in [-0.1, -0.05) is 19.4 Å². The Bertz CT molecular complexity index is 156. The standard InChI is InChI=1S/C12H24N2/c1-3-5-9-14-10-6-8-13-12(11-14)7-4-2/h3,12-13H,1,4-11H2,2H3. The Morgan fingerprint density at radius 1 is 1.57 bits per heavy atom. The molecule has 0 amide bonds. The summed E-state index contributed by atoms with van der Waals surface area (Å²) in [6.07, 6.45) is 7.03. The van der Waals surface area contributed by atoms with Crippen LogP contribution in [0.15, 0.2) is 12.7 Å². The van der Waals surface area contributed by atoms with Crippen molar-refractivity contribution in [2.45, 2.75) is 38.6 Å². The van der Waals surface area contributed by atoms with E-state index < -0.39 is 0 Å². The molecule has 0 aromatic rings. The van der Waals surface area contributed by atoms with Gasteiger partial charge in [0.1, 0.15) is 0 Å². The first-order valence-corrected chi connectivity index (χ1v) is 5.93. The van der Waals surface area contributed by atoms with Crippen LogP contribution in [0.25, 0.3) is 0 Å². The molecule has 0 radical (unpaired) electrons. The average molecular weight is 196 g/mol. The number of rotatable bonds is 5. The fourth-order valence-electron chi connectivity index (χ4n) is 2.10. The van der Waals surface area contributed by atoms with Gasteiger partial charge in [-0.3, -0.25) is 0 Å². The molecular weight excluding hydrogens is 172 g/mol. The maximum atomic E-state index is 3.78. The van der Waals surface area contributed by atoms with Crippen LogP contribution >= 0.6 is 0 Å². The molecule has 1 aliphatic heterocycles. The summed E-state index contributed by atoms with van der Waals surface area (Å²) in [4.78, 5) is 2.57. The van der Waals surface area contributed by atoms with Crippen molar-refractivity contribution in [3.05, 3.63) is 12.7 Å². The first kappa shape index (κ1) is 11.7. The lowest BCUT2D eigenvalue weighted by atomic mass is 10.1. The van der Waals surface area contributed by atoms with Crippen LogP contribution in [0.1, 0.15) is 32.6 Å². The van der Waals surface area contributed by atoms with Crippen molar-refractivity contribution in [2.75, 3.05) is 26.2 Å². The van der Waals surface area contributed by atoms with Gasteiger partial charge in [0.05, 0.1) is 0 Å². The van der Waals surface area contributed by atoms with Gasteiger partial charge in [0, 0.05) is 19.1 Å². The smallest absolute Gasteiger partial charge is 0.0194 e. The normalized spacial score (nSPS) is 24.5. The third kappa shape index (κ3) is 4.25. The zero-order valence-electron chi connectivity index (χ0n) is 9.47. The average Bonchev–Trinajstić information content (AvgIpc) is 2.41. The molecule has 1 atom stereocenters. The van der Waals surface area contributed by atoms with Gasteiger partial charge in [-0.05, 0) is 32.4 Å². The van der Waals surface area contributed by atoms with E-state index in [1.165, 1.54) is 45.4 Å². The highest BCUT2D eigenvalue weighted by Gasteiger charge is 2.15. The van der Waals surface area contributed by atoms with Gasteiger partial charge >= 0.3 is 0 Å². The molecule has 0 saturated carbocycles. The molecule has 1 N–H and O–H groups in total. The van der Waals surface area contributed by atoms with E-state index in [0.717, 1.165) is 6.42 Å². The minimum atomic E-state index is 0.715. The Morgan fingerprint density at radius 3 is 3.14 bits per heavy atom. The van der Waals surface area contributed by atoms with Gasteiger partial charge in [-0.25, -0.2) is 0 Å². The summed E-state index contributed by atoms with van der Waals surface area (Å²) >= 11 is 0. The third-order valence-electron chi connectivity index (χ3n) is 2.85. The molecule has 1 unspecified atom stereocenters. The maximum absolute atomic E-state index is 3.78. The Kier molecular flexibility index (Phi) is 5.88. The minimum absolute atomic E-state index is 0.715. The predicted molar refractivity (Wildman–Crippen MR) is 62.6 cm³/mol. The molecular formula is C12H24N2. The number of nitrogens with zero attached hydrogens (tertiary/aromatic N) is 1. The summed E-state index contributed by atoms with van der Waals surface area (Å²) in [6.45, 7) is 10.9. The quantitative estimate of drug-likeness (QED) is 0.677. The van der Waals surface area contributed by atoms with Crippen LogP contribution < -0.4 is 5.32 Å². The highest BCUT2D eigenvalue weighted by molar-refractivity contribution is 4.78. The number of nitrogens with one attached hydrogen (secondary N) is 1. The molecule has 14 heavy (non-hydrogen) atoms. The first-order valence-electron chi connectivity index (χ1n) is 5.93. The summed E-state index contributed by atoms with van der Waals surface area (Å²) in [5, 5.41) is 3.62. The molecule has 82 valence electrons. The third-order valence-corrected chi connectivity index (χ3v) is 2.85. The molecule has 2 heteroatoms. The second-order valence-corrected chi connectivity index (χ2v) is 4.17. The highest BCUT2D eigenvalue weighted by atomic mass is 15.2. The molecule has 1 aliphatic rings. The molecule has 1 heterocycles. The van der Waals surface area contributed by atoms with Crippen LogP contribution in [-0.2, 0) is 0 Å². The van der Waals surface area contributed by atoms with E-state index in [2.05, 4.69) is 23.7 Å². The molecule has 0 aliphatic carbocycles. The van der Waals surface area contributed by atoms with Gasteiger partial charge in [-0.2, -0.15) is 0 Å². The highest BCUT2D eigenvalue weighted by Crippen LogP contribution is 2.06. The van der Waals surface area contributed by atoms with Crippen molar-refractivity contribution >= 4 is 0 Å². The Labute approximate surface area is 88.4 Å². The predicted octanol–water partition coefficient (Wildman–Crippen LogP) is 2.03. The first-order chi connectivity index (χ1) is 6.86. The van der Waals surface area contributed by atoms with Crippen LogP contribution in [0.4, 0.5) is 0 Å². The summed E-state index contributed by atoms with van der Waals surface area (Å²) in [7, 11) is 0. The summed E-state index contributed by atoms with van der Waals surface area (Å²) in [6, 6.07) is 0.715. The Morgan fingerprint density at radius 2 is 2.43 bits per heavy atom. The molecule has 0 spiro atoms. The fourth-order valence-corrected chi connectivity index (χ4v) is 2.10. The van der Waals surface area contributed by atoms with Gasteiger partial charge in [0.2, 0.25) is 0 Å². The van der Waals surface area contributed by atoms with E-state index in [1.807, 2.05) is 6.08 Å². The maximum Gasteiger partial charge on any atom is 0.0194 e. The van der Waals surface area contributed by atoms with E-state index in [9.17, 15) is 0 Å². The monoisotopic (exact) mass is 196 g/mol. The van der Waals surface area contributed by atoms with E-state index in [0.29, 0.717) is 6.04 Å². The van der Waals surface area contributed by atoms with E-state index >= 15 is 0 Å². The zero-order valence-corrected chi connectivity index (χ0v) is 9.47. The van der Waals surface area contributed by atoms with Crippen LogP contribution in [0.2, 0.25) is 0 Å². The largest absolute Gasteiger partial charge is 0.313 e. The summed E-state index contributed by atoms with van der Waals surface area (Å²) in [5.74, 6) is 0. The Hall–Kier alpha value is -0.340. The van der Waals surface area contributed by atoms with Crippen molar-refractivity contribution in [1.82, 2.24) is 10.2 Å². The van der Waals surface area contributed by atoms with Crippen molar-refractivity contribution in [3.8, 4) is 0 Å². The van der Waals surface area contributed by atoms with Gasteiger partial charge in [0.25, 0.3) is 0 Å². The molecule has 1 saturated heterocycles. The molecule has 1 fully saturated rings. The lowest BCUT2D eigenvalue weighted by Gasteiger charge is -2.23. The van der Waals surface area contributed by atoms with Crippen LogP contribution in [0.5, 0.6) is 0 Å². The van der Waals surface area contributed by atoms with Crippen LogP contribution in [-0.4, -0.2) is 37.1 Å². The number of hydrogen-bond acceptors (Lipinski definition) is 2. The van der Waals surface area contributed by atoms with Crippen molar-refractivity contribution in [1.29, 1.82) is 0 Å². The summed E-state index contributed by atoms with van der Waals surface area (Å²) < 4.78 is 0. The zero-order chi connectivity index (χ0) is 10.2. The van der Waals surface area contributed by atoms with Crippen molar-refractivity contribution in [3.63, 3.8) is 0 Å². The lowest BCUT2D eigenvalue weighted by molar-refractivity contribution is 0.267. The van der Waals surface area contributed by atoms with E-state index in [4.69, 9.17) is 0 Å². The second kappa shape index (κ2) is 7.02. The molecule has 2 nitrogen and oxygen atoms in total. The van der Waals surface area contributed by atoms with E-state index in [1.54, 1.807) is 0 Å². The SMILES string of the molecule is C=CCCN1CCCNC(CCC)C1. The van der Waals surface area contributed by atoms with Gasteiger partial charge in [0.15, 0.2) is 0 Å². The molecule has 0 aromatic heterocycles. The topological polar surface area (TPSA) is 15.3 Å². The van der Waals surface area contributed by atoms with Crippen molar-refractivity contribution < 1.29 is 0 Å². The Balaban J connectivity index is 2.30. The van der Waals surface area contributed by atoms with Crippen LogP contribution in [0.3, 0.4) is 0 Å². The lowest BCUT2D eigenvalue weighted by Crippen LogP contribution is -2.37. The molecule has 0 bridgehead atoms. The van der Waals surface area contributed by atoms with Crippen molar-refractivity contribution in [2.24, 2.45) is 0 Å². The van der Waals surface area contributed by atoms with E-state index in [-0.39, 0.29) is 0 Å². The van der Waals surface area contributed by atoms with Gasteiger partial charge < -0.3 is 10.2 Å².